The van der Waals surface area contributed by atoms with Gasteiger partial charge in [-0.05, 0) is 11.6 Å². The smallest absolute Gasteiger partial charge is 0.146 e. The zero-order valence-corrected chi connectivity index (χ0v) is 6.03. The van der Waals surface area contributed by atoms with E-state index in [4.69, 9.17) is 17.3 Å². The van der Waals surface area contributed by atoms with Gasteiger partial charge in [0.15, 0.2) is 0 Å². The van der Waals surface area contributed by atoms with Crippen molar-refractivity contribution in [3.63, 3.8) is 0 Å². The molecular formula is C7H7ClFN. The maximum absolute atomic E-state index is 12.6. The maximum atomic E-state index is 12.6. The van der Waals surface area contributed by atoms with E-state index in [1.54, 1.807) is 12.1 Å². The van der Waals surface area contributed by atoms with E-state index in [2.05, 4.69) is 0 Å². The topological polar surface area (TPSA) is 26.0 Å². The lowest BCUT2D eigenvalue weighted by Gasteiger charge is -2.00. The molecule has 0 aliphatic carbocycles. The van der Waals surface area contributed by atoms with Gasteiger partial charge in [-0.25, -0.2) is 4.39 Å². The Kier molecular flexibility index (Phi) is 2.12. The highest BCUT2D eigenvalue weighted by Crippen LogP contribution is 2.16. The summed E-state index contributed by atoms with van der Waals surface area (Å²) in [5, 5.41) is 0. The molecule has 1 aromatic carbocycles. The van der Waals surface area contributed by atoms with Crippen LogP contribution in [0.1, 0.15) is 5.56 Å². The van der Waals surface area contributed by atoms with Crippen LogP contribution in [-0.2, 0) is 5.88 Å². The summed E-state index contributed by atoms with van der Waals surface area (Å²) in [7, 11) is 0. The minimum atomic E-state index is -0.404. The van der Waals surface area contributed by atoms with Gasteiger partial charge in [-0.1, -0.05) is 12.1 Å². The summed E-state index contributed by atoms with van der Waals surface area (Å²) in [5.41, 5.74) is 6.12. The molecule has 0 amide bonds. The Morgan fingerprint density at radius 2 is 2.20 bits per heavy atom. The van der Waals surface area contributed by atoms with Crippen LogP contribution in [0.15, 0.2) is 18.2 Å². The summed E-state index contributed by atoms with van der Waals surface area (Å²) in [6, 6.07) is 4.60. The van der Waals surface area contributed by atoms with Crippen LogP contribution >= 0.6 is 11.6 Å². The number of benzene rings is 1. The number of rotatable bonds is 1. The Bertz CT molecular complexity index is 237. The minimum Gasteiger partial charge on any atom is -0.396 e. The van der Waals surface area contributed by atoms with Gasteiger partial charge in [0.05, 0.1) is 5.69 Å². The molecule has 0 bridgehead atoms. The molecule has 0 radical (unpaired) electrons. The predicted molar refractivity (Wildman–Crippen MR) is 40.4 cm³/mol. The fourth-order valence-corrected chi connectivity index (χ4v) is 0.931. The molecule has 0 unspecified atom stereocenters. The van der Waals surface area contributed by atoms with Crippen molar-refractivity contribution < 1.29 is 4.39 Å². The molecule has 0 heterocycles. The van der Waals surface area contributed by atoms with Crippen LogP contribution < -0.4 is 5.73 Å². The van der Waals surface area contributed by atoms with E-state index in [-0.39, 0.29) is 11.6 Å². The Balaban J connectivity index is 3.14. The van der Waals surface area contributed by atoms with E-state index in [0.29, 0.717) is 5.56 Å². The molecule has 0 atom stereocenters. The third-order valence-corrected chi connectivity index (χ3v) is 1.58. The van der Waals surface area contributed by atoms with Gasteiger partial charge >= 0.3 is 0 Å². The van der Waals surface area contributed by atoms with E-state index in [9.17, 15) is 4.39 Å². The fourth-order valence-electron chi connectivity index (χ4n) is 0.698. The van der Waals surface area contributed by atoms with Crippen molar-refractivity contribution in [1.82, 2.24) is 0 Å². The summed E-state index contributed by atoms with van der Waals surface area (Å²) >= 11 is 5.46. The zero-order valence-electron chi connectivity index (χ0n) is 5.27. The first-order chi connectivity index (χ1) is 4.75. The zero-order chi connectivity index (χ0) is 7.56. The molecule has 0 fully saturated rings. The Morgan fingerprint density at radius 1 is 1.50 bits per heavy atom. The van der Waals surface area contributed by atoms with Crippen molar-refractivity contribution in [3.8, 4) is 0 Å². The fraction of sp³-hybridized carbons (Fsp3) is 0.143. The molecule has 10 heavy (non-hydrogen) atoms. The molecule has 1 aromatic rings. The number of anilines is 1. The lowest BCUT2D eigenvalue weighted by Crippen LogP contribution is -1.94. The van der Waals surface area contributed by atoms with Gasteiger partial charge < -0.3 is 5.73 Å². The van der Waals surface area contributed by atoms with E-state index in [1.807, 2.05) is 0 Å². The summed E-state index contributed by atoms with van der Waals surface area (Å²) in [4.78, 5) is 0. The van der Waals surface area contributed by atoms with Gasteiger partial charge in [-0.3, -0.25) is 0 Å². The third kappa shape index (κ3) is 1.21. The molecule has 1 nitrogen and oxygen atoms in total. The molecule has 0 aliphatic heterocycles. The van der Waals surface area contributed by atoms with Crippen molar-refractivity contribution in [2.75, 3.05) is 5.73 Å². The SMILES string of the molecule is Nc1c(F)cccc1CCl. The minimum absolute atomic E-state index is 0.150. The van der Waals surface area contributed by atoms with Gasteiger partial charge in [-0.2, -0.15) is 0 Å². The van der Waals surface area contributed by atoms with Crippen molar-refractivity contribution in [1.29, 1.82) is 0 Å². The van der Waals surface area contributed by atoms with Crippen LogP contribution in [0.4, 0.5) is 10.1 Å². The van der Waals surface area contributed by atoms with Gasteiger partial charge in [0.2, 0.25) is 0 Å². The standard InChI is InChI=1S/C7H7ClFN/c8-4-5-2-1-3-6(9)7(5)10/h1-3H,4,10H2. The van der Waals surface area contributed by atoms with Gasteiger partial charge in [0.1, 0.15) is 5.82 Å². The Labute approximate surface area is 63.6 Å². The van der Waals surface area contributed by atoms with Gasteiger partial charge in [0.25, 0.3) is 0 Å². The predicted octanol–water partition coefficient (Wildman–Crippen LogP) is 2.15. The number of nitrogen functional groups attached to an aromatic ring is 1. The van der Waals surface area contributed by atoms with Gasteiger partial charge in [-0.15, -0.1) is 11.6 Å². The number of nitrogens with two attached hydrogens (primary N) is 1. The summed E-state index contributed by atoms with van der Waals surface area (Å²) in [6.45, 7) is 0. The van der Waals surface area contributed by atoms with Crippen LogP contribution in [0.3, 0.4) is 0 Å². The molecule has 2 N–H and O–H groups in total. The summed E-state index contributed by atoms with van der Waals surface area (Å²) < 4.78 is 12.6. The average molecular weight is 160 g/mol. The number of halogens is 2. The van der Waals surface area contributed by atoms with Crippen molar-refractivity contribution >= 4 is 17.3 Å². The normalized spacial score (nSPS) is 9.80. The Hall–Kier alpha value is -0.760. The molecule has 54 valence electrons. The van der Waals surface area contributed by atoms with E-state index >= 15 is 0 Å². The van der Waals surface area contributed by atoms with E-state index in [0.717, 1.165) is 0 Å². The molecule has 1 rings (SSSR count). The van der Waals surface area contributed by atoms with Crippen LogP contribution in [0, 0.1) is 5.82 Å². The number of para-hydroxylation sites is 1. The summed E-state index contributed by atoms with van der Waals surface area (Å²) in [6.07, 6.45) is 0. The summed E-state index contributed by atoms with van der Waals surface area (Å²) in [5.74, 6) is -0.151. The highest BCUT2D eigenvalue weighted by molar-refractivity contribution is 6.17. The highest BCUT2D eigenvalue weighted by Gasteiger charge is 2.00. The molecule has 0 aromatic heterocycles. The highest BCUT2D eigenvalue weighted by atomic mass is 35.5. The monoisotopic (exact) mass is 159 g/mol. The van der Waals surface area contributed by atoms with Crippen LogP contribution in [0.5, 0.6) is 0 Å². The second kappa shape index (κ2) is 2.88. The van der Waals surface area contributed by atoms with E-state index in [1.165, 1.54) is 6.07 Å². The van der Waals surface area contributed by atoms with Crippen LogP contribution in [-0.4, -0.2) is 0 Å². The average Bonchev–Trinajstić information content (AvgIpc) is 1.95. The molecule has 0 saturated carbocycles. The van der Waals surface area contributed by atoms with Crippen molar-refractivity contribution in [3.05, 3.63) is 29.6 Å². The van der Waals surface area contributed by atoms with E-state index < -0.39 is 5.82 Å². The quantitative estimate of drug-likeness (QED) is 0.493. The first kappa shape index (κ1) is 7.35. The lowest BCUT2D eigenvalue weighted by molar-refractivity contribution is 0.631. The molecule has 0 saturated heterocycles. The van der Waals surface area contributed by atoms with Crippen molar-refractivity contribution in [2.24, 2.45) is 0 Å². The number of hydrogen-bond acceptors (Lipinski definition) is 1. The lowest BCUT2D eigenvalue weighted by atomic mass is 10.2. The molecular weight excluding hydrogens is 153 g/mol. The largest absolute Gasteiger partial charge is 0.396 e. The molecule has 0 spiro atoms. The van der Waals surface area contributed by atoms with Crippen molar-refractivity contribution in [2.45, 2.75) is 5.88 Å². The van der Waals surface area contributed by atoms with Crippen LogP contribution in [0.25, 0.3) is 0 Å². The second-order valence-electron chi connectivity index (χ2n) is 1.95. The third-order valence-electron chi connectivity index (χ3n) is 1.29. The number of hydrogen-bond donors (Lipinski definition) is 1. The molecule has 0 aliphatic rings. The van der Waals surface area contributed by atoms with Crippen LogP contribution in [0.2, 0.25) is 0 Å². The number of alkyl halides is 1. The first-order valence-corrected chi connectivity index (χ1v) is 3.38. The Morgan fingerprint density at radius 3 is 2.70 bits per heavy atom. The van der Waals surface area contributed by atoms with Gasteiger partial charge in [0, 0.05) is 5.88 Å². The maximum Gasteiger partial charge on any atom is 0.146 e. The molecule has 3 heteroatoms. The second-order valence-corrected chi connectivity index (χ2v) is 2.21. The first-order valence-electron chi connectivity index (χ1n) is 2.84.